The van der Waals surface area contributed by atoms with Crippen molar-refractivity contribution < 1.29 is 14.3 Å². The highest BCUT2D eigenvalue weighted by atomic mass is 32.1. The number of amides is 3. The molecule has 8 heteroatoms. The number of nitrogens with one attached hydrogen (secondary N) is 3. The van der Waals surface area contributed by atoms with E-state index in [1.807, 2.05) is 5.43 Å². The fraction of sp³-hybridized carbons (Fsp3) is 0.167. The van der Waals surface area contributed by atoms with Crippen LogP contribution in [-0.4, -0.2) is 24.2 Å². The minimum Gasteiger partial charge on any atom is -0.452 e. The lowest BCUT2D eigenvalue weighted by Crippen LogP contribution is -2.43. The van der Waals surface area contributed by atoms with Crippen LogP contribution in [0, 0.1) is 0 Å². The maximum absolute atomic E-state index is 11.0. The van der Waals surface area contributed by atoms with Crippen LogP contribution >= 0.6 is 11.3 Å². The van der Waals surface area contributed by atoms with Crippen molar-refractivity contribution in [3.63, 3.8) is 0 Å². The highest BCUT2D eigenvalue weighted by molar-refractivity contribution is 7.13. The summed E-state index contributed by atoms with van der Waals surface area (Å²) in [6.45, 7) is 0. The molecule has 1 rings (SSSR count). The number of rotatable bonds is 1. The van der Waals surface area contributed by atoms with Crippen LogP contribution in [0.3, 0.4) is 0 Å². The first kappa shape index (κ1) is 10.3. The lowest BCUT2D eigenvalue weighted by Gasteiger charge is -2.05. The molecule has 14 heavy (non-hydrogen) atoms. The maximum atomic E-state index is 11.0. The summed E-state index contributed by atoms with van der Waals surface area (Å²) in [6.07, 6.45) is 0.799. The first-order valence-corrected chi connectivity index (χ1v) is 4.41. The summed E-state index contributed by atoms with van der Waals surface area (Å²) in [4.78, 5) is 25.3. The number of nitrogens with zero attached hydrogens (tertiary/aromatic N) is 1. The minimum atomic E-state index is -0.751. The van der Waals surface area contributed by atoms with Crippen LogP contribution in [0.15, 0.2) is 11.6 Å². The zero-order valence-electron chi connectivity index (χ0n) is 7.23. The number of hydrogen-bond acceptors (Lipinski definition) is 5. The Hall–Kier alpha value is -1.83. The number of carbonyl (C=O) groups is 2. The van der Waals surface area contributed by atoms with Gasteiger partial charge in [-0.15, -0.1) is 11.3 Å². The summed E-state index contributed by atoms with van der Waals surface area (Å²) in [5.41, 5.74) is 4.06. The molecule has 0 aliphatic rings. The lowest BCUT2D eigenvalue weighted by atomic mass is 10.9. The van der Waals surface area contributed by atoms with E-state index in [2.05, 4.69) is 20.5 Å². The van der Waals surface area contributed by atoms with Crippen LogP contribution in [-0.2, 0) is 4.74 Å². The molecular formula is C6H8N4O3S. The van der Waals surface area contributed by atoms with Crippen LogP contribution in [0.2, 0.25) is 0 Å². The quantitative estimate of drug-likeness (QED) is 0.597. The van der Waals surface area contributed by atoms with Crippen LogP contribution in [0.5, 0.6) is 0 Å². The highest BCUT2D eigenvalue weighted by Crippen LogP contribution is 2.09. The SMILES string of the molecule is COC(=O)NNC(=O)Nc1nccs1. The number of thiazole rings is 1. The predicted molar refractivity (Wildman–Crippen MR) is 49.8 cm³/mol. The zero-order chi connectivity index (χ0) is 10.4. The van der Waals surface area contributed by atoms with Crippen LogP contribution in [0.1, 0.15) is 0 Å². The van der Waals surface area contributed by atoms with Gasteiger partial charge in [-0.1, -0.05) is 0 Å². The molecule has 0 radical (unpaired) electrons. The summed E-state index contributed by atoms with van der Waals surface area (Å²) in [5.74, 6) is 0. The molecule has 0 fully saturated rings. The molecule has 1 aromatic heterocycles. The van der Waals surface area contributed by atoms with Gasteiger partial charge in [0, 0.05) is 11.6 Å². The number of anilines is 1. The Morgan fingerprint density at radius 3 is 2.86 bits per heavy atom. The first-order valence-electron chi connectivity index (χ1n) is 3.53. The highest BCUT2D eigenvalue weighted by Gasteiger charge is 2.04. The van der Waals surface area contributed by atoms with E-state index in [1.165, 1.54) is 18.4 Å². The van der Waals surface area contributed by atoms with E-state index in [4.69, 9.17) is 0 Å². The Kier molecular flexibility index (Phi) is 3.68. The summed E-state index contributed by atoms with van der Waals surface area (Å²) < 4.78 is 4.23. The fourth-order valence-electron chi connectivity index (χ4n) is 0.572. The molecule has 3 N–H and O–H groups in total. The van der Waals surface area contributed by atoms with Gasteiger partial charge in [0.15, 0.2) is 5.13 Å². The Morgan fingerprint density at radius 1 is 1.50 bits per heavy atom. The van der Waals surface area contributed by atoms with E-state index in [-0.39, 0.29) is 0 Å². The molecule has 0 saturated carbocycles. The van der Waals surface area contributed by atoms with Gasteiger partial charge in [-0.25, -0.2) is 25.4 Å². The second-order valence-electron chi connectivity index (χ2n) is 2.03. The number of ether oxygens (including phenoxy) is 1. The van der Waals surface area contributed by atoms with Crippen LogP contribution in [0.4, 0.5) is 14.7 Å². The van der Waals surface area contributed by atoms with E-state index in [9.17, 15) is 9.59 Å². The Morgan fingerprint density at radius 2 is 2.29 bits per heavy atom. The van der Waals surface area contributed by atoms with Gasteiger partial charge in [0.25, 0.3) is 0 Å². The normalized spacial score (nSPS) is 8.93. The van der Waals surface area contributed by atoms with Crippen LogP contribution < -0.4 is 16.2 Å². The van der Waals surface area contributed by atoms with E-state index in [0.29, 0.717) is 5.13 Å². The van der Waals surface area contributed by atoms with E-state index in [1.54, 1.807) is 11.6 Å². The molecule has 7 nitrogen and oxygen atoms in total. The summed E-state index contributed by atoms with van der Waals surface area (Å²) in [5, 5.41) is 4.54. The van der Waals surface area contributed by atoms with Gasteiger partial charge in [-0.05, 0) is 0 Å². The Bertz CT molecular complexity index is 313. The summed E-state index contributed by atoms with van der Waals surface area (Å²) in [6, 6.07) is -0.592. The summed E-state index contributed by atoms with van der Waals surface area (Å²) >= 11 is 1.26. The number of urea groups is 1. The second kappa shape index (κ2) is 5.02. The molecule has 0 aromatic carbocycles. The molecule has 3 amide bonds. The van der Waals surface area contributed by atoms with Gasteiger partial charge < -0.3 is 4.74 Å². The van der Waals surface area contributed by atoms with Crippen molar-refractivity contribution in [1.82, 2.24) is 15.8 Å². The van der Waals surface area contributed by atoms with Crippen LogP contribution in [0.25, 0.3) is 0 Å². The Balaban J connectivity index is 2.26. The molecule has 0 atom stereocenters. The summed E-state index contributed by atoms with van der Waals surface area (Å²) in [7, 11) is 1.19. The van der Waals surface area contributed by atoms with E-state index >= 15 is 0 Å². The largest absolute Gasteiger partial charge is 0.452 e. The Labute approximate surface area is 83.4 Å². The van der Waals surface area contributed by atoms with Crippen molar-refractivity contribution in [2.24, 2.45) is 0 Å². The van der Waals surface area contributed by atoms with E-state index < -0.39 is 12.1 Å². The third-order valence-corrected chi connectivity index (χ3v) is 1.80. The van der Waals surface area contributed by atoms with Crippen molar-refractivity contribution in [1.29, 1.82) is 0 Å². The molecule has 0 aliphatic heterocycles. The van der Waals surface area contributed by atoms with Crippen molar-refractivity contribution >= 4 is 28.6 Å². The molecule has 0 saturated heterocycles. The smallest absolute Gasteiger partial charge is 0.425 e. The first-order chi connectivity index (χ1) is 6.72. The maximum Gasteiger partial charge on any atom is 0.425 e. The lowest BCUT2D eigenvalue weighted by molar-refractivity contribution is 0.166. The molecule has 76 valence electrons. The van der Waals surface area contributed by atoms with Gasteiger partial charge >= 0.3 is 12.1 Å². The molecule has 0 unspecified atom stereocenters. The molecule has 0 aliphatic carbocycles. The van der Waals surface area contributed by atoms with Crippen molar-refractivity contribution in [2.45, 2.75) is 0 Å². The predicted octanol–water partition coefficient (Wildman–Crippen LogP) is 0.536. The number of hydrazine groups is 1. The van der Waals surface area contributed by atoms with Gasteiger partial charge in [0.1, 0.15) is 0 Å². The van der Waals surface area contributed by atoms with Crippen molar-refractivity contribution in [3.8, 4) is 0 Å². The number of aromatic nitrogens is 1. The number of hydrogen-bond donors (Lipinski definition) is 3. The van der Waals surface area contributed by atoms with Gasteiger partial charge in [-0.3, -0.25) is 5.32 Å². The monoisotopic (exact) mass is 216 g/mol. The average molecular weight is 216 g/mol. The molecule has 1 heterocycles. The molecule has 0 bridgehead atoms. The van der Waals surface area contributed by atoms with Gasteiger partial charge in [-0.2, -0.15) is 0 Å². The van der Waals surface area contributed by atoms with Crippen molar-refractivity contribution in [2.75, 3.05) is 12.4 Å². The molecule has 0 spiro atoms. The van der Waals surface area contributed by atoms with Gasteiger partial charge in [0.05, 0.1) is 7.11 Å². The third kappa shape index (κ3) is 3.27. The van der Waals surface area contributed by atoms with E-state index in [0.717, 1.165) is 0 Å². The molecular weight excluding hydrogens is 208 g/mol. The second-order valence-corrected chi connectivity index (χ2v) is 2.93. The zero-order valence-corrected chi connectivity index (χ0v) is 8.05. The number of carbonyl (C=O) groups excluding carboxylic acids is 2. The fourth-order valence-corrected chi connectivity index (χ4v) is 1.10. The number of methoxy groups -OCH3 is 1. The minimum absolute atomic E-state index is 0.439. The van der Waals surface area contributed by atoms with Gasteiger partial charge in [0.2, 0.25) is 0 Å². The van der Waals surface area contributed by atoms with Crippen molar-refractivity contribution in [3.05, 3.63) is 11.6 Å². The topological polar surface area (TPSA) is 92.4 Å². The average Bonchev–Trinajstić information content (AvgIpc) is 2.66. The molecule has 1 aromatic rings. The standard InChI is InChI=1S/C6H8N4O3S/c1-13-6(12)10-9-4(11)8-5-7-2-3-14-5/h2-3H,1H3,(H,10,12)(H2,7,8,9,11). The third-order valence-electron chi connectivity index (χ3n) is 1.12.